The van der Waals surface area contributed by atoms with Crippen LogP contribution in [0.15, 0.2) is 0 Å². The fraction of sp³-hybridized carbons (Fsp3) is 1.00. The SMILES string of the molecule is CCCNC1CCCC(N2CCC(CCC)CC2)C1. The molecule has 2 aliphatic rings. The van der Waals surface area contributed by atoms with Crippen LogP contribution in [-0.2, 0) is 0 Å². The van der Waals surface area contributed by atoms with E-state index in [0.29, 0.717) is 0 Å². The third kappa shape index (κ3) is 4.75. The first-order chi connectivity index (χ1) is 9.33. The Balaban J connectivity index is 1.72. The van der Waals surface area contributed by atoms with E-state index >= 15 is 0 Å². The second-order valence-corrected chi connectivity index (χ2v) is 6.74. The zero-order valence-corrected chi connectivity index (χ0v) is 13.2. The van der Waals surface area contributed by atoms with Crippen LogP contribution in [0.1, 0.15) is 71.6 Å². The molecular formula is C17H34N2. The lowest BCUT2D eigenvalue weighted by molar-refractivity contribution is 0.0941. The van der Waals surface area contributed by atoms with Crippen molar-refractivity contribution in [3.63, 3.8) is 0 Å². The van der Waals surface area contributed by atoms with Crippen molar-refractivity contribution < 1.29 is 0 Å². The molecule has 0 radical (unpaired) electrons. The zero-order chi connectivity index (χ0) is 13.5. The highest BCUT2D eigenvalue weighted by Gasteiger charge is 2.29. The van der Waals surface area contributed by atoms with Crippen LogP contribution >= 0.6 is 0 Å². The van der Waals surface area contributed by atoms with E-state index in [1.807, 2.05) is 0 Å². The lowest BCUT2D eigenvalue weighted by atomic mass is 9.86. The van der Waals surface area contributed by atoms with Crippen LogP contribution in [0.5, 0.6) is 0 Å². The maximum Gasteiger partial charge on any atom is 0.0110 e. The van der Waals surface area contributed by atoms with Gasteiger partial charge >= 0.3 is 0 Å². The van der Waals surface area contributed by atoms with E-state index in [9.17, 15) is 0 Å². The fourth-order valence-electron chi connectivity index (χ4n) is 4.04. The number of hydrogen-bond donors (Lipinski definition) is 1. The van der Waals surface area contributed by atoms with Crippen molar-refractivity contribution in [1.82, 2.24) is 10.2 Å². The van der Waals surface area contributed by atoms with Gasteiger partial charge in [0.15, 0.2) is 0 Å². The van der Waals surface area contributed by atoms with Crippen LogP contribution < -0.4 is 5.32 Å². The summed E-state index contributed by atoms with van der Waals surface area (Å²) in [4.78, 5) is 2.81. The van der Waals surface area contributed by atoms with Crippen molar-refractivity contribution in [3.05, 3.63) is 0 Å². The Morgan fingerprint density at radius 2 is 1.79 bits per heavy atom. The smallest absolute Gasteiger partial charge is 0.0110 e. The molecule has 1 N–H and O–H groups in total. The Kier molecular flexibility index (Phi) is 6.66. The van der Waals surface area contributed by atoms with Gasteiger partial charge in [0, 0.05) is 12.1 Å². The van der Waals surface area contributed by atoms with Gasteiger partial charge in [0.2, 0.25) is 0 Å². The van der Waals surface area contributed by atoms with Crippen molar-refractivity contribution >= 4 is 0 Å². The highest BCUT2D eigenvalue weighted by molar-refractivity contribution is 4.86. The first-order valence-corrected chi connectivity index (χ1v) is 8.80. The van der Waals surface area contributed by atoms with Crippen LogP contribution in [0.3, 0.4) is 0 Å². The molecule has 1 heterocycles. The van der Waals surface area contributed by atoms with E-state index in [4.69, 9.17) is 0 Å². The minimum absolute atomic E-state index is 0.798. The minimum atomic E-state index is 0.798. The molecule has 2 rings (SSSR count). The van der Waals surface area contributed by atoms with E-state index in [1.165, 1.54) is 77.4 Å². The molecule has 0 amide bonds. The lowest BCUT2D eigenvalue weighted by Crippen LogP contribution is -2.47. The number of piperidine rings is 1. The van der Waals surface area contributed by atoms with E-state index in [1.54, 1.807) is 0 Å². The third-order valence-electron chi connectivity index (χ3n) is 5.19. The Hall–Kier alpha value is -0.0800. The van der Waals surface area contributed by atoms with Crippen LogP contribution in [0, 0.1) is 5.92 Å². The Labute approximate surface area is 120 Å². The molecule has 0 aromatic carbocycles. The molecule has 1 saturated heterocycles. The monoisotopic (exact) mass is 266 g/mol. The molecule has 1 aliphatic carbocycles. The average Bonchev–Trinajstić information content (AvgIpc) is 2.46. The first-order valence-electron chi connectivity index (χ1n) is 8.80. The quantitative estimate of drug-likeness (QED) is 0.786. The Morgan fingerprint density at radius 3 is 2.47 bits per heavy atom. The van der Waals surface area contributed by atoms with Crippen molar-refractivity contribution in [2.24, 2.45) is 5.92 Å². The molecule has 2 heteroatoms. The summed E-state index contributed by atoms with van der Waals surface area (Å²) in [6.45, 7) is 8.55. The molecule has 2 atom stereocenters. The molecule has 1 aliphatic heterocycles. The molecule has 2 unspecified atom stereocenters. The molecule has 1 saturated carbocycles. The fourth-order valence-corrected chi connectivity index (χ4v) is 4.04. The predicted octanol–water partition coefficient (Wildman–Crippen LogP) is 3.81. The van der Waals surface area contributed by atoms with E-state index in [2.05, 4.69) is 24.1 Å². The van der Waals surface area contributed by atoms with Gasteiger partial charge in [0.1, 0.15) is 0 Å². The summed E-state index contributed by atoms with van der Waals surface area (Å²) in [6, 6.07) is 1.68. The molecule has 112 valence electrons. The van der Waals surface area contributed by atoms with E-state index in [-0.39, 0.29) is 0 Å². The second-order valence-electron chi connectivity index (χ2n) is 6.74. The maximum absolute atomic E-state index is 3.74. The minimum Gasteiger partial charge on any atom is -0.314 e. The van der Waals surface area contributed by atoms with Gasteiger partial charge in [0.25, 0.3) is 0 Å². The Bertz CT molecular complexity index is 233. The highest BCUT2D eigenvalue weighted by atomic mass is 15.2. The lowest BCUT2D eigenvalue weighted by Gasteiger charge is -2.41. The van der Waals surface area contributed by atoms with E-state index < -0.39 is 0 Å². The number of hydrogen-bond acceptors (Lipinski definition) is 2. The van der Waals surface area contributed by atoms with E-state index in [0.717, 1.165) is 18.0 Å². The number of nitrogens with one attached hydrogen (secondary N) is 1. The molecule has 19 heavy (non-hydrogen) atoms. The topological polar surface area (TPSA) is 15.3 Å². The summed E-state index contributed by atoms with van der Waals surface area (Å²) < 4.78 is 0. The largest absolute Gasteiger partial charge is 0.314 e. The van der Waals surface area contributed by atoms with Crippen molar-refractivity contribution in [2.45, 2.75) is 83.7 Å². The first kappa shape index (κ1) is 15.3. The van der Waals surface area contributed by atoms with Crippen molar-refractivity contribution in [1.29, 1.82) is 0 Å². The van der Waals surface area contributed by atoms with Crippen LogP contribution in [-0.4, -0.2) is 36.6 Å². The van der Waals surface area contributed by atoms with Gasteiger partial charge < -0.3 is 10.2 Å². The molecule has 0 spiro atoms. The van der Waals surface area contributed by atoms with Crippen molar-refractivity contribution in [2.75, 3.05) is 19.6 Å². The number of rotatable bonds is 6. The summed E-state index contributed by atoms with van der Waals surface area (Å²) in [5.41, 5.74) is 0. The molecule has 2 nitrogen and oxygen atoms in total. The molecule has 0 aromatic rings. The summed E-state index contributed by atoms with van der Waals surface area (Å²) in [6.07, 6.45) is 12.7. The molecular weight excluding hydrogens is 232 g/mol. The summed E-state index contributed by atoms with van der Waals surface area (Å²) in [5, 5.41) is 3.74. The normalized spacial score (nSPS) is 30.6. The van der Waals surface area contributed by atoms with Gasteiger partial charge in [-0.1, -0.05) is 33.1 Å². The Morgan fingerprint density at radius 1 is 1.00 bits per heavy atom. The van der Waals surface area contributed by atoms with Crippen molar-refractivity contribution in [3.8, 4) is 0 Å². The zero-order valence-electron chi connectivity index (χ0n) is 13.2. The molecule has 2 fully saturated rings. The van der Waals surface area contributed by atoms with Gasteiger partial charge in [-0.3, -0.25) is 0 Å². The third-order valence-corrected chi connectivity index (χ3v) is 5.19. The standard InChI is InChI=1S/C17H34N2/c1-3-6-15-9-12-19(13-10-15)17-8-5-7-16(14-17)18-11-4-2/h15-18H,3-14H2,1-2H3. The molecule has 0 bridgehead atoms. The molecule has 0 aromatic heterocycles. The van der Waals surface area contributed by atoms with Gasteiger partial charge in [-0.25, -0.2) is 0 Å². The average molecular weight is 266 g/mol. The number of nitrogens with zero attached hydrogens (tertiary/aromatic N) is 1. The second kappa shape index (κ2) is 8.26. The van der Waals surface area contributed by atoms with Gasteiger partial charge in [-0.05, 0) is 64.1 Å². The van der Waals surface area contributed by atoms with Gasteiger partial charge in [0.05, 0.1) is 0 Å². The van der Waals surface area contributed by atoms with Crippen LogP contribution in [0.2, 0.25) is 0 Å². The maximum atomic E-state index is 3.74. The van der Waals surface area contributed by atoms with Gasteiger partial charge in [-0.2, -0.15) is 0 Å². The highest BCUT2D eigenvalue weighted by Crippen LogP contribution is 2.28. The predicted molar refractivity (Wildman–Crippen MR) is 83.5 cm³/mol. The summed E-state index contributed by atoms with van der Waals surface area (Å²) in [5.74, 6) is 1.03. The van der Waals surface area contributed by atoms with Gasteiger partial charge in [-0.15, -0.1) is 0 Å². The van der Waals surface area contributed by atoms with Crippen LogP contribution in [0.25, 0.3) is 0 Å². The number of likely N-dealkylation sites (tertiary alicyclic amines) is 1. The van der Waals surface area contributed by atoms with Crippen LogP contribution in [0.4, 0.5) is 0 Å². The summed E-state index contributed by atoms with van der Waals surface area (Å²) in [7, 11) is 0. The summed E-state index contributed by atoms with van der Waals surface area (Å²) >= 11 is 0.